The lowest BCUT2D eigenvalue weighted by Crippen LogP contribution is -2.55. The van der Waals surface area contributed by atoms with Crippen molar-refractivity contribution in [2.24, 2.45) is 0 Å². The van der Waals surface area contributed by atoms with Gasteiger partial charge in [0.2, 0.25) is 5.91 Å². The molecule has 1 N–H and O–H groups in total. The largest absolute Gasteiger partial charge is 0.352 e. The molecule has 8 heteroatoms. The van der Waals surface area contributed by atoms with Crippen LogP contribution in [0.3, 0.4) is 0 Å². The Labute approximate surface area is 173 Å². The number of amides is 3. The molecule has 3 rings (SSSR count). The van der Waals surface area contributed by atoms with Crippen molar-refractivity contribution in [3.8, 4) is 0 Å². The van der Waals surface area contributed by atoms with E-state index >= 15 is 0 Å². The fraction of sp³-hybridized carbons (Fsp3) is 0.300. The third-order valence-electron chi connectivity index (χ3n) is 4.65. The monoisotopic (exact) mass is 423 g/mol. The summed E-state index contributed by atoms with van der Waals surface area (Å²) in [6.07, 6.45) is 0. The molecule has 0 aromatic heterocycles. The molecule has 28 heavy (non-hydrogen) atoms. The van der Waals surface area contributed by atoms with Crippen molar-refractivity contribution in [2.75, 3.05) is 20.1 Å². The molecule has 1 heterocycles. The number of piperazine rings is 1. The van der Waals surface area contributed by atoms with Crippen molar-refractivity contribution in [1.29, 1.82) is 0 Å². The standard InChI is InChI=1S/C20H20Cl2FN3O2/c1-12-7-16(23)3-4-17(12)18-19(27)24-5-6-26(18)20(28)25(2)11-13-8-14(21)10-15(22)9-13/h3-4,7-10,18H,5-6,11H2,1-2H3,(H,24,27)/t18-/m0/s1. The average molecular weight is 424 g/mol. The normalized spacial score (nSPS) is 16.7. The summed E-state index contributed by atoms with van der Waals surface area (Å²) in [5, 5.41) is 3.75. The Balaban J connectivity index is 1.85. The smallest absolute Gasteiger partial charge is 0.321 e. The third-order valence-corrected chi connectivity index (χ3v) is 5.09. The van der Waals surface area contributed by atoms with Gasteiger partial charge in [-0.3, -0.25) is 4.79 Å². The Kier molecular flexibility index (Phi) is 6.10. The first-order valence-electron chi connectivity index (χ1n) is 8.76. The number of halogens is 3. The van der Waals surface area contributed by atoms with E-state index in [1.54, 1.807) is 38.2 Å². The Morgan fingerprint density at radius 3 is 2.57 bits per heavy atom. The van der Waals surface area contributed by atoms with E-state index in [-0.39, 0.29) is 24.3 Å². The number of nitrogens with one attached hydrogen (secondary N) is 1. The highest BCUT2D eigenvalue weighted by molar-refractivity contribution is 6.34. The summed E-state index contributed by atoms with van der Waals surface area (Å²) in [6, 6.07) is 8.19. The molecule has 1 aliphatic rings. The van der Waals surface area contributed by atoms with Gasteiger partial charge in [0.25, 0.3) is 0 Å². The van der Waals surface area contributed by atoms with Crippen LogP contribution in [-0.4, -0.2) is 41.9 Å². The summed E-state index contributed by atoms with van der Waals surface area (Å²) in [7, 11) is 1.65. The van der Waals surface area contributed by atoms with Gasteiger partial charge in [0.05, 0.1) is 0 Å². The van der Waals surface area contributed by atoms with Gasteiger partial charge < -0.3 is 15.1 Å². The Hall–Kier alpha value is -2.31. The zero-order chi connectivity index (χ0) is 20.4. The van der Waals surface area contributed by atoms with Crippen LogP contribution in [0, 0.1) is 12.7 Å². The molecule has 0 bridgehead atoms. The zero-order valence-corrected chi connectivity index (χ0v) is 17.0. The van der Waals surface area contributed by atoms with Gasteiger partial charge in [-0.1, -0.05) is 29.3 Å². The van der Waals surface area contributed by atoms with Gasteiger partial charge in [-0.15, -0.1) is 0 Å². The Morgan fingerprint density at radius 1 is 1.25 bits per heavy atom. The van der Waals surface area contributed by atoms with E-state index in [2.05, 4.69) is 5.32 Å². The van der Waals surface area contributed by atoms with Crippen molar-refractivity contribution >= 4 is 35.1 Å². The van der Waals surface area contributed by atoms with Crippen molar-refractivity contribution in [2.45, 2.75) is 19.5 Å². The van der Waals surface area contributed by atoms with Crippen LogP contribution in [0.2, 0.25) is 10.0 Å². The van der Waals surface area contributed by atoms with E-state index in [1.165, 1.54) is 21.9 Å². The molecule has 148 valence electrons. The van der Waals surface area contributed by atoms with E-state index in [0.717, 1.165) is 5.56 Å². The highest BCUT2D eigenvalue weighted by Crippen LogP contribution is 2.28. The second kappa shape index (κ2) is 8.37. The molecule has 1 saturated heterocycles. The number of carbonyl (C=O) groups excluding carboxylic acids is 2. The van der Waals surface area contributed by atoms with Crippen LogP contribution >= 0.6 is 23.2 Å². The molecule has 0 saturated carbocycles. The first-order valence-corrected chi connectivity index (χ1v) is 9.52. The maximum atomic E-state index is 13.5. The molecule has 5 nitrogen and oxygen atoms in total. The average Bonchev–Trinajstić information content (AvgIpc) is 2.60. The summed E-state index contributed by atoms with van der Waals surface area (Å²) >= 11 is 12.1. The molecule has 3 amide bonds. The minimum atomic E-state index is -0.813. The number of nitrogens with zero attached hydrogens (tertiary/aromatic N) is 2. The van der Waals surface area contributed by atoms with Crippen LogP contribution in [0.25, 0.3) is 0 Å². The van der Waals surface area contributed by atoms with Gasteiger partial charge in [0.1, 0.15) is 11.9 Å². The van der Waals surface area contributed by atoms with Gasteiger partial charge in [-0.25, -0.2) is 9.18 Å². The van der Waals surface area contributed by atoms with E-state index in [1.807, 2.05) is 0 Å². The van der Waals surface area contributed by atoms with E-state index < -0.39 is 6.04 Å². The van der Waals surface area contributed by atoms with Crippen LogP contribution in [0.5, 0.6) is 0 Å². The maximum absolute atomic E-state index is 13.5. The number of urea groups is 1. The van der Waals surface area contributed by atoms with Gasteiger partial charge in [0.15, 0.2) is 0 Å². The van der Waals surface area contributed by atoms with Gasteiger partial charge in [0, 0.05) is 36.7 Å². The Bertz CT molecular complexity index is 902. The number of hydrogen-bond donors (Lipinski definition) is 1. The molecule has 2 aromatic carbocycles. The second-order valence-electron chi connectivity index (χ2n) is 6.80. The maximum Gasteiger partial charge on any atom is 0.321 e. The minimum absolute atomic E-state index is 0.284. The lowest BCUT2D eigenvalue weighted by Gasteiger charge is -2.38. The fourth-order valence-electron chi connectivity index (χ4n) is 3.39. The predicted molar refractivity (Wildman–Crippen MR) is 107 cm³/mol. The quantitative estimate of drug-likeness (QED) is 0.805. The van der Waals surface area contributed by atoms with Crippen LogP contribution in [0.1, 0.15) is 22.7 Å². The van der Waals surface area contributed by atoms with Gasteiger partial charge in [-0.05, 0) is 53.9 Å². The molecule has 1 atom stereocenters. The van der Waals surface area contributed by atoms with Gasteiger partial charge >= 0.3 is 6.03 Å². The highest BCUT2D eigenvalue weighted by Gasteiger charge is 2.36. The second-order valence-corrected chi connectivity index (χ2v) is 7.68. The van der Waals surface area contributed by atoms with Crippen LogP contribution < -0.4 is 5.32 Å². The van der Waals surface area contributed by atoms with Crippen molar-refractivity contribution in [1.82, 2.24) is 15.1 Å². The first kappa shape index (κ1) is 20.4. The molecular weight excluding hydrogens is 404 g/mol. The molecule has 1 aliphatic heterocycles. The van der Waals surface area contributed by atoms with E-state index in [9.17, 15) is 14.0 Å². The van der Waals surface area contributed by atoms with Gasteiger partial charge in [-0.2, -0.15) is 0 Å². The van der Waals surface area contributed by atoms with Crippen LogP contribution in [0.4, 0.5) is 9.18 Å². The summed E-state index contributed by atoms with van der Waals surface area (Å²) in [5.74, 6) is -0.668. The van der Waals surface area contributed by atoms with E-state index in [4.69, 9.17) is 23.2 Å². The summed E-state index contributed by atoms with van der Waals surface area (Å²) in [4.78, 5) is 28.7. The fourth-order valence-corrected chi connectivity index (χ4v) is 3.96. The molecule has 0 unspecified atom stereocenters. The molecule has 0 spiro atoms. The molecule has 1 fully saturated rings. The zero-order valence-electron chi connectivity index (χ0n) is 15.5. The topological polar surface area (TPSA) is 52.7 Å². The molecule has 2 aromatic rings. The summed E-state index contributed by atoms with van der Waals surface area (Å²) in [6.45, 7) is 2.72. The number of benzene rings is 2. The highest BCUT2D eigenvalue weighted by atomic mass is 35.5. The predicted octanol–water partition coefficient (Wildman–Crippen LogP) is 4.17. The number of rotatable bonds is 3. The van der Waals surface area contributed by atoms with Crippen molar-refractivity contribution < 1.29 is 14.0 Å². The first-order chi connectivity index (χ1) is 13.3. The Morgan fingerprint density at radius 2 is 1.93 bits per heavy atom. The number of carbonyl (C=O) groups is 2. The van der Waals surface area contributed by atoms with Crippen LogP contribution in [-0.2, 0) is 11.3 Å². The SMILES string of the molecule is Cc1cc(F)ccc1[C@H]1C(=O)NCCN1C(=O)N(C)Cc1cc(Cl)cc(Cl)c1. The molecule has 0 aliphatic carbocycles. The van der Waals surface area contributed by atoms with Crippen LogP contribution in [0.15, 0.2) is 36.4 Å². The minimum Gasteiger partial charge on any atom is -0.352 e. The summed E-state index contributed by atoms with van der Waals surface area (Å²) in [5.41, 5.74) is 2.00. The molecule has 0 radical (unpaired) electrons. The lowest BCUT2D eigenvalue weighted by atomic mass is 9.97. The third kappa shape index (κ3) is 4.39. The molecular formula is C20H20Cl2FN3O2. The number of hydrogen-bond acceptors (Lipinski definition) is 2. The van der Waals surface area contributed by atoms with Crippen molar-refractivity contribution in [3.05, 3.63) is 69.0 Å². The summed E-state index contributed by atoms with van der Waals surface area (Å²) < 4.78 is 13.5. The van der Waals surface area contributed by atoms with Crippen molar-refractivity contribution in [3.63, 3.8) is 0 Å². The number of aryl methyl sites for hydroxylation is 1. The van der Waals surface area contributed by atoms with E-state index in [0.29, 0.717) is 34.3 Å². The lowest BCUT2D eigenvalue weighted by molar-refractivity contribution is -0.128.